The molecule has 0 heterocycles. The van der Waals surface area contributed by atoms with Crippen molar-refractivity contribution >= 4 is 29.4 Å². The molecule has 0 radical (unpaired) electrons. The van der Waals surface area contributed by atoms with E-state index in [9.17, 15) is 9.41 Å². The van der Waals surface area contributed by atoms with Crippen molar-refractivity contribution in [2.45, 2.75) is 0 Å². The Morgan fingerprint density at radius 2 is 1.81 bits per heavy atom. The van der Waals surface area contributed by atoms with Gasteiger partial charge in [0.05, 0.1) is 0 Å². The summed E-state index contributed by atoms with van der Waals surface area (Å²) in [6.07, 6.45) is 0. The molecule has 1 nitrogen and oxygen atoms in total. The van der Waals surface area contributed by atoms with Crippen molar-refractivity contribution in [3.05, 3.63) is 59.4 Å². The first-order chi connectivity index (χ1) is 7.68. The molecule has 16 heavy (non-hydrogen) atoms. The number of rotatable bonds is 2. The SMILES string of the molecule is OB(c1cccc(F)c1)c1ccccc1Cl. The second kappa shape index (κ2) is 4.68. The van der Waals surface area contributed by atoms with Crippen molar-refractivity contribution in [3.8, 4) is 0 Å². The minimum absolute atomic E-state index is 0.372. The quantitative estimate of drug-likeness (QED) is 0.782. The Morgan fingerprint density at radius 3 is 2.50 bits per heavy atom. The predicted octanol–water partition coefficient (Wildman–Crippen LogP) is 1.58. The number of halogens is 2. The topological polar surface area (TPSA) is 20.2 Å². The van der Waals surface area contributed by atoms with Gasteiger partial charge in [-0.15, -0.1) is 0 Å². The number of hydrogen-bond acceptors (Lipinski definition) is 1. The lowest BCUT2D eigenvalue weighted by atomic mass is 9.56. The maximum Gasteiger partial charge on any atom is 0.360 e. The zero-order valence-corrected chi connectivity index (χ0v) is 9.16. The van der Waals surface area contributed by atoms with Gasteiger partial charge in [-0.05, 0) is 29.1 Å². The highest BCUT2D eigenvalue weighted by molar-refractivity contribution is 6.80. The molecule has 4 heteroatoms. The smallest absolute Gasteiger partial charge is 0.360 e. The molecule has 0 amide bonds. The molecule has 0 fully saturated rings. The van der Waals surface area contributed by atoms with Gasteiger partial charge >= 0.3 is 6.92 Å². The molecule has 80 valence electrons. The third-order valence-corrected chi connectivity index (χ3v) is 2.71. The van der Waals surface area contributed by atoms with E-state index in [-0.39, 0.29) is 5.82 Å². The Hall–Kier alpha value is -1.32. The number of benzene rings is 2. The Labute approximate surface area is 98.6 Å². The van der Waals surface area contributed by atoms with E-state index < -0.39 is 6.92 Å². The van der Waals surface area contributed by atoms with Crippen LogP contribution in [0.1, 0.15) is 0 Å². The molecule has 0 saturated carbocycles. The number of hydrogen-bond donors (Lipinski definition) is 1. The summed E-state index contributed by atoms with van der Waals surface area (Å²) in [6.45, 7) is -0.899. The normalized spacial score (nSPS) is 10.2. The van der Waals surface area contributed by atoms with Crippen molar-refractivity contribution in [2.24, 2.45) is 0 Å². The van der Waals surface area contributed by atoms with Gasteiger partial charge < -0.3 is 5.02 Å². The van der Waals surface area contributed by atoms with E-state index in [2.05, 4.69) is 0 Å². The largest absolute Gasteiger partial charge is 0.443 e. The average Bonchev–Trinajstić information content (AvgIpc) is 2.29. The minimum atomic E-state index is -0.899. The van der Waals surface area contributed by atoms with Crippen LogP contribution >= 0.6 is 11.6 Å². The molecule has 0 aliphatic rings. The van der Waals surface area contributed by atoms with Gasteiger partial charge in [-0.2, -0.15) is 0 Å². The van der Waals surface area contributed by atoms with Crippen molar-refractivity contribution in [2.75, 3.05) is 0 Å². The lowest BCUT2D eigenvalue weighted by Gasteiger charge is -2.08. The predicted molar refractivity (Wildman–Crippen MR) is 65.1 cm³/mol. The molecule has 2 rings (SSSR count). The summed E-state index contributed by atoms with van der Waals surface area (Å²) in [6, 6.07) is 12.8. The van der Waals surface area contributed by atoms with Crippen LogP contribution in [0.5, 0.6) is 0 Å². The second-order valence-corrected chi connectivity index (χ2v) is 3.89. The maximum atomic E-state index is 13.0. The fraction of sp³-hybridized carbons (Fsp3) is 0. The molecule has 2 aromatic carbocycles. The Bertz CT molecular complexity index is 504. The molecule has 0 atom stereocenters. The van der Waals surface area contributed by atoms with Gasteiger partial charge in [-0.1, -0.05) is 41.9 Å². The maximum absolute atomic E-state index is 13.0. The third-order valence-electron chi connectivity index (χ3n) is 2.36. The van der Waals surface area contributed by atoms with Gasteiger partial charge in [-0.3, -0.25) is 0 Å². The summed E-state index contributed by atoms with van der Waals surface area (Å²) in [5.74, 6) is -0.372. The van der Waals surface area contributed by atoms with E-state index in [0.29, 0.717) is 15.9 Å². The molecule has 0 spiro atoms. The minimum Gasteiger partial charge on any atom is -0.443 e. The van der Waals surface area contributed by atoms with Gasteiger partial charge in [0.15, 0.2) is 0 Å². The van der Waals surface area contributed by atoms with Crippen LogP contribution < -0.4 is 10.9 Å². The third kappa shape index (κ3) is 2.26. The van der Waals surface area contributed by atoms with Crippen molar-refractivity contribution in [1.82, 2.24) is 0 Å². The van der Waals surface area contributed by atoms with Gasteiger partial charge in [0.1, 0.15) is 5.82 Å². The van der Waals surface area contributed by atoms with Crippen LogP contribution in [0.15, 0.2) is 48.5 Å². The Kier molecular flexibility index (Phi) is 3.27. The summed E-state index contributed by atoms with van der Waals surface area (Å²) in [5.41, 5.74) is 1.07. The monoisotopic (exact) mass is 234 g/mol. The lowest BCUT2D eigenvalue weighted by Crippen LogP contribution is -2.42. The van der Waals surface area contributed by atoms with Gasteiger partial charge in [0.25, 0.3) is 0 Å². The molecular weight excluding hydrogens is 225 g/mol. The first kappa shape index (κ1) is 11.2. The molecule has 0 saturated heterocycles. The van der Waals surface area contributed by atoms with Gasteiger partial charge in [-0.25, -0.2) is 4.39 Å². The summed E-state index contributed by atoms with van der Waals surface area (Å²) in [5, 5.41) is 10.5. The van der Waals surface area contributed by atoms with E-state index in [1.807, 2.05) is 0 Å². The van der Waals surface area contributed by atoms with Crippen LogP contribution in [0, 0.1) is 5.82 Å². The van der Waals surface area contributed by atoms with E-state index in [4.69, 9.17) is 11.6 Å². The highest BCUT2D eigenvalue weighted by atomic mass is 35.5. The van der Waals surface area contributed by atoms with Gasteiger partial charge in [0, 0.05) is 5.02 Å². The molecule has 0 aromatic heterocycles. The molecule has 2 aromatic rings. The van der Waals surface area contributed by atoms with Crippen LogP contribution in [-0.2, 0) is 0 Å². The van der Waals surface area contributed by atoms with Crippen molar-refractivity contribution < 1.29 is 9.41 Å². The first-order valence-corrected chi connectivity index (χ1v) is 5.24. The van der Waals surface area contributed by atoms with Gasteiger partial charge in [0.2, 0.25) is 0 Å². The molecule has 0 aliphatic carbocycles. The zero-order valence-electron chi connectivity index (χ0n) is 8.40. The summed E-state index contributed by atoms with van der Waals surface area (Å²) >= 11 is 5.96. The van der Waals surface area contributed by atoms with Crippen LogP contribution in [0.25, 0.3) is 0 Å². The summed E-state index contributed by atoms with van der Waals surface area (Å²) in [7, 11) is 0. The summed E-state index contributed by atoms with van der Waals surface area (Å²) in [4.78, 5) is 0. The van der Waals surface area contributed by atoms with E-state index in [1.165, 1.54) is 12.1 Å². The molecule has 1 N–H and O–H groups in total. The van der Waals surface area contributed by atoms with Crippen LogP contribution in [-0.4, -0.2) is 11.9 Å². The highest BCUT2D eigenvalue weighted by Gasteiger charge is 2.19. The van der Waals surface area contributed by atoms with Crippen molar-refractivity contribution in [3.63, 3.8) is 0 Å². The second-order valence-electron chi connectivity index (χ2n) is 3.48. The summed E-state index contributed by atoms with van der Waals surface area (Å²) < 4.78 is 13.0. The van der Waals surface area contributed by atoms with Crippen LogP contribution in [0.2, 0.25) is 5.02 Å². The lowest BCUT2D eigenvalue weighted by molar-refractivity contribution is 0.598. The molecule has 0 bridgehead atoms. The van der Waals surface area contributed by atoms with E-state index in [1.54, 1.807) is 36.4 Å². The zero-order chi connectivity index (χ0) is 11.5. The fourth-order valence-electron chi connectivity index (χ4n) is 1.55. The highest BCUT2D eigenvalue weighted by Crippen LogP contribution is 2.05. The first-order valence-electron chi connectivity index (χ1n) is 4.86. The van der Waals surface area contributed by atoms with Crippen LogP contribution in [0.3, 0.4) is 0 Å². The Balaban J connectivity index is 2.39. The fourth-order valence-corrected chi connectivity index (χ4v) is 1.79. The molecular formula is C12H9BClFO. The van der Waals surface area contributed by atoms with E-state index >= 15 is 0 Å². The molecule has 0 unspecified atom stereocenters. The van der Waals surface area contributed by atoms with E-state index in [0.717, 1.165) is 0 Å². The average molecular weight is 234 g/mol. The molecule has 0 aliphatic heterocycles. The standard InChI is InChI=1S/C12H9BClFO/c14-12-7-2-1-6-11(12)13(16)9-4-3-5-10(15)8-9/h1-8,16H. The van der Waals surface area contributed by atoms with Crippen LogP contribution in [0.4, 0.5) is 4.39 Å². The Morgan fingerprint density at radius 1 is 1.06 bits per heavy atom. The van der Waals surface area contributed by atoms with Crippen molar-refractivity contribution in [1.29, 1.82) is 0 Å².